The Morgan fingerprint density at radius 2 is 2.05 bits per heavy atom. The number of rotatable bonds is 3. The van der Waals surface area contributed by atoms with E-state index < -0.39 is 0 Å². The van der Waals surface area contributed by atoms with Gasteiger partial charge in [0.1, 0.15) is 5.60 Å². The first-order chi connectivity index (χ1) is 9.25. The molecule has 1 spiro atoms. The second-order valence-electron chi connectivity index (χ2n) is 6.38. The lowest BCUT2D eigenvalue weighted by Crippen LogP contribution is -2.71. The minimum absolute atomic E-state index is 0.133. The molecule has 3 fully saturated rings. The Kier molecular flexibility index (Phi) is 4.13. The molecule has 3 aliphatic heterocycles. The summed E-state index contributed by atoms with van der Waals surface area (Å²) in [6.07, 6.45) is 3.61. The van der Waals surface area contributed by atoms with Crippen molar-refractivity contribution in [1.82, 2.24) is 9.80 Å². The quantitative estimate of drug-likeness (QED) is 0.771. The van der Waals surface area contributed by atoms with Crippen molar-refractivity contribution in [2.45, 2.75) is 50.8 Å². The fourth-order valence-corrected chi connectivity index (χ4v) is 3.84. The van der Waals surface area contributed by atoms with Gasteiger partial charge in [0.15, 0.2) is 0 Å². The Morgan fingerprint density at radius 1 is 1.21 bits per heavy atom. The third kappa shape index (κ3) is 2.56. The van der Waals surface area contributed by atoms with Crippen molar-refractivity contribution in [1.29, 1.82) is 0 Å². The monoisotopic (exact) mass is 268 g/mol. The number of hydrogen-bond donors (Lipinski definition) is 0. The van der Waals surface area contributed by atoms with E-state index in [2.05, 4.69) is 23.6 Å². The highest BCUT2D eigenvalue weighted by molar-refractivity contribution is 5.10. The number of likely N-dealkylation sites (tertiary alicyclic amines) is 1. The molecule has 2 unspecified atom stereocenters. The lowest BCUT2D eigenvalue weighted by molar-refractivity contribution is -0.151. The summed E-state index contributed by atoms with van der Waals surface area (Å²) in [7, 11) is 0. The lowest BCUT2D eigenvalue weighted by atomic mass is 9.83. The van der Waals surface area contributed by atoms with E-state index in [4.69, 9.17) is 9.47 Å². The van der Waals surface area contributed by atoms with Gasteiger partial charge in [0, 0.05) is 51.5 Å². The number of hydrogen-bond acceptors (Lipinski definition) is 4. The summed E-state index contributed by atoms with van der Waals surface area (Å²) in [5.74, 6) is 0. The molecule has 0 saturated carbocycles. The third-order valence-electron chi connectivity index (χ3n) is 5.24. The predicted octanol–water partition coefficient (Wildman–Crippen LogP) is 1.35. The standard InChI is InChI=1S/C15H28N2O2/c1-3-13(2)17-11-15(12-17)14(5-9-19-15)16-6-4-8-18-10-7-16/h13-14H,3-12H2,1-2H3. The van der Waals surface area contributed by atoms with Crippen LogP contribution < -0.4 is 0 Å². The van der Waals surface area contributed by atoms with Crippen LogP contribution >= 0.6 is 0 Å². The maximum absolute atomic E-state index is 6.18. The van der Waals surface area contributed by atoms with E-state index in [-0.39, 0.29) is 5.60 Å². The maximum Gasteiger partial charge on any atom is 0.109 e. The van der Waals surface area contributed by atoms with Crippen LogP contribution in [0.3, 0.4) is 0 Å². The molecule has 3 aliphatic rings. The van der Waals surface area contributed by atoms with Crippen LogP contribution in [0.4, 0.5) is 0 Å². The zero-order chi connectivity index (χ0) is 13.3. The Labute approximate surface area is 117 Å². The van der Waals surface area contributed by atoms with E-state index in [1.165, 1.54) is 25.8 Å². The summed E-state index contributed by atoms with van der Waals surface area (Å²) in [5.41, 5.74) is 0.133. The average molecular weight is 268 g/mol. The zero-order valence-electron chi connectivity index (χ0n) is 12.4. The minimum Gasteiger partial charge on any atom is -0.380 e. The van der Waals surface area contributed by atoms with Gasteiger partial charge in [-0.25, -0.2) is 0 Å². The van der Waals surface area contributed by atoms with E-state index in [0.29, 0.717) is 12.1 Å². The summed E-state index contributed by atoms with van der Waals surface area (Å²) in [4.78, 5) is 5.21. The molecule has 0 aromatic carbocycles. The summed E-state index contributed by atoms with van der Waals surface area (Å²) in [5, 5.41) is 0. The van der Waals surface area contributed by atoms with Crippen molar-refractivity contribution in [3.8, 4) is 0 Å². The van der Waals surface area contributed by atoms with Crippen LogP contribution in [-0.2, 0) is 9.47 Å². The molecule has 4 nitrogen and oxygen atoms in total. The smallest absolute Gasteiger partial charge is 0.109 e. The fraction of sp³-hybridized carbons (Fsp3) is 1.00. The molecule has 19 heavy (non-hydrogen) atoms. The molecule has 0 aliphatic carbocycles. The van der Waals surface area contributed by atoms with Crippen molar-refractivity contribution in [3.63, 3.8) is 0 Å². The summed E-state index contributed by atoms with van der Waals surface area (Å²) >= 11 is 0. The Hall–Kier alpha value is -0.160. The van der Waals surface area contributed by atoms with Gasteiger partial charge in [-0.3, -0.25) is 9.80 Å². The Morgan fingerprint density at radius 3 is 2.84 bits per heavy atom. The van der Waals surface area contributed by atoms with Gasteiger partial charge in [0.25, 0.3) is 0 Å². The first-order valence-corrected chi connectivity index (χ1v) is 7.95. The second kappa shape index (κ2) is 5.68. The van der Waals surface area contributed by atoms with Crippen LogP contribution in [0.1, 0.15) is 33.1 Å². The Balaban J connectivity index is 1.62. The van der Waals surface area contributed by atoms with Crippen molar-refractivity contribution >= 4 is 0 Å². The van der Waals surface area contributed by atoms with E-state index in [1.807, 2.05) is 0 Å². The molecule has 3 rings (SSSR count). The third-order valence-corrected chi connectivity index (χ3v) is 5.24. The summed E-state index contributed by atoms with van der Waals surface area (Å²) in [6.45, 7) is 11.9. The normalized spacial score (nSPS) is 34.1. The van der Waals surface area contributed by atoms with E-state index in [9.17, 15) is 0 Å². The highest BCUT2D eigenvalue weighted by Gasteiger charge is 2.55. The van der Waals surface area contributed by atoms with Crippen molar-refractivity contribution in [3.05, 3.63) is 0 Å². The van der Waals surface area contributed by atoms with E-state index >= 15 is 0 Å². The summed E-state index contributed by atoms with van der Waals surface area (Å²) in [6, 6.07) is 1.32. The van der Waals surface area contributed by atoms with Crippen LogP contribution in [0.15, 0.2) is 0 Å². The topological polar surface area (TPSA) is 24.9 Å². The van der Waals surface area contributed by atoms with Crippen LogP contribution in [0, 0.1) is 0 Å². The zero-order valence-corrected chi connectivity index (χ0v) is 12.4. The first kappa shape index (κ1) is 13.8. The lowest BCUT2D eigenvalue weighted by Gasteiger charge is -2.54. The number of ether oxygens (including phenoxy) is 2. The van der Waals surface area contributed by atoms with Crippen LogP contribution in [0.2, 0.25) is 0 Å². The van der Waals surface area contributed by atoms with Crippen LogP contribution in [0.5, 0.6) is 0 Å². The maximum atomic E-state index is 6.18. The summed E-state index contributed by atoms with van der Waals surface area (Å²) < 4.78 is 11.8. The first-order valence-electron chi connectivity index (χ1n) is 7.95. The minimum atomic E-state index is 0.133. The second-order valence-corrected chi connectivity index (χ2v) is 6.38. The average Bonchev–Trinajstić information content (AvgIpc) is 2.64. The predicted molar refractivity (Wildman–Crippen MR) is 75.4 cm³/mol. The fourth-order valence-electron chi connectivity index (χ4n) is 3.84. The van der Waals surface area contributed by atoms with Gasteiger partial charge in [0.05, 0.1) is 6.61 Å². The molecular formula is C15H28N2O2. The van der Waals surface area contributed by atoms with Crippen molar-refractivity contribution in [2.24, 2.45) is 0 Å². The van der Waals surface area contributed by atoms with Gasteiger partial charge in [-0.05, 0) is 26.2 Å². The molecule has 0 radical (unpaired) electrons. The molecular weight excluding hydrogens is 240 g/mol. The van der Waals surface area contributed by atoms with Crippen LogP contribution in [-0.4, -0.2) is 73.5 Å². The van der Waals surface area contributed by atoms with Crippen molar-refractivity contribution < 1.29 is 9.47 Å². The molecule has 4 heteroatoms. The van der Waals surface area contributed by atoms with Gasteiger partial charge < -0.3 is 9.47 Å². The molecule has 0 N–H and O–H groups in total. The van der Waals surface area contributed by atoms with Crippen LogP contribution in [0.25, 0.3) is 0 Å². The number of nitrogens with zero attached hydrogens (tertiary/aromatic N) is 2. The highest BCUT2D eigenvalue weighted by atomic mass is 16.5. The molecule has 0 aromatic rings. The molecule has 0 amide bonds. The highest BCUT2D eigenvalue weighted by Crippen LogP contribution is 2.39. The van der Waals surface area contributed by atoms with Crippen molar-refractivity contribution in [2.75, 3.05) is 46.0 Å². The largest absolute Gasteiger partial charge is 0.380 e. The molecule has 3 saturated heterocycles. The SMILES string of the molecule is CCC(C)N1CC2(C1)OCCC2N1CCCOCC1. The van der Waals surface area contributed by atoms with Gasteiger partial charge in [-0.15, -0.1) is 0 Å². The van der Waals surface area contributed by atoms with Gasteiger partial charge in [-0.2, -0.15) is 0 Å². The molecule has 0 bridgehead atoms. The Bertz CT molecular complexity index is 297. The van der Waals surface area contributed by atoms with E-state index in [1.54, 1.807) is 0 Å². The molecule has 110 valence electrons. The molecule has 3 heterocycles. The van der Waals surface area contributed by atoms with Gasteiger partial charge in [-0.1, -0.05) is 6.92 Å². The molecule has 2 atom stereocenters. The van der Waals surface area contributed by atoms with E-state index in [0.717, 1.165) is 39.5 Å². The van der Waals surface area contributed by atoms with Gasteiger partial charge in [0.2, 0.25) is 0 Å². The molecule has 0 aromatic heterocycles. The van der Waals surface area contributed by atoms with Gasteiger partial charge >= 0.3 is 0 Å².